The Morgan fingerprint density at radius 2 is 1.76 bits per heavy atom. The third kappa shape index (κ3) is 6.12. The van der Waals surface area contributed by atoms with Gasteiger partial charge in [-0.15, -0.1) is 0 Å². The van der Waals surface area contributed by atoms with Gasteiger partial charge in [0, 0.05) is 49.7 Å². The van der Waals surface area contributed by atoms with Crippen molar-refractivity contribution in [2.24, 2.45) is 0 Å². The second-order valence-electron chi connectivity index (χ2n) is 8.59. The smallest absolute Gasteiger partial charge is 0.413 e. The molecule has 1 saturated heterocycles. The molecule has 0 bridgehead atoms. The summed E-state index contributed by atoms with van der Waals surface area (Å²) in [5, 5.41) is 13.1. The lowest BCUT2D eigenvalue weighted by atomic mass is 10.1. The van der Waals surface area contributed by atoms with Gasteiger partial charge in [-0.05, 0) is 43.4 Å². The molecule has 2 heterocycles. The molecule has 1 aliphatic rings. The van der Waals surface area contributed by atoms with Crippen molar-refractivity contribution in [3.63, 3.8) is 0 Å². The highest BCUT2D eigenvalue weighted by molar-refractivity contribution is 5.85. The number of piperazine rings is 1. The van der Waals surface area contributed by atoms with Gasteiger partial charge in [0.1, 0.15) is 23.1 Å². The van der Waals surface area contributed by atoms with Crippen LogP contribution in [0.1, 0.15) is 5.56 Å². The summed E-state index contributed by atoms with van der Waals surface area (Å²) in [5.41, 5.74) is 2.39. The largest absolute Gasteiger partial charge is 0.497 e. The molecule has 0 radical (unpaired) electrons. The monoisotopic (exact) mass is 508 g/mol. The Labute approximate surface area is 216 Å². The van der Waals surface area contributed by atoms with Crippen molar-refractivity contribution in [1.82, 2.24) is 14.9 Å². The van der Waals surface area contributed by atoms with Gasteiger partial charge >= 0.3 is 6.09 Å². The highest BCUT2D eigenvalue weighted by Gasteiger charge is 2.21. The standard InChI is InChI=1S/C26H32N6O5/c1-30-11-13-31(14-12-30)21-7-5-19(16-23(21)37-4)28-25-27-10-9-24(29-25)32(26(33)34)17-18-15-20(35-2)6-8-22(18)36-3/h5-10,15-16H,11-14,17H2,1-4H3,(H,33,34)(H,27,28,29). The number of anilines is 4. The highest BCUT2D eigenvalue weighted by Crippen LogP contribution is 2.33. The van der Waals surface area contributed by atoms with Crippen LogP contribution in [0.3, 0.4) is 0 Å². The third-order valence-corrected chi connectivity index (χ3v) is 6.24. The average molecular weight is 509 g/mol. The number of rotatable bonds is 9. The van der Waals surface area contributed by atoms with E-state index in [1.807, 2.05) is 18.2 Å². The number of carbonyl (C=O) groups is 1. The minimum atomic E-state index is -1.16. The summed E-state index contributed by atoms with van der Waals surface area (Å²) in [6, 6.07) is 12.6. The van der Waals surface area contributed by atoms with Gasteiger partial charge in [0.25, 0.3) is 0 Å². The van der Waals surface area contributed by atoms with Gasteiger partial charge in [0.15, 0.2) is 0 Å². The summed E-state index contributed by atoms with van der Waals surface area (Å²) in [6.07, 6.45) is 0.354. The number of carboxylic acid groups (broad SMARTS) is 1. The van der Waals surface area contributed by atoms with Crippen LogP contribution in [-0.2, 0) is 6.54 Å². The van der Waals surface area contributed by atoms with Gasteiger partial charge < -0.3 is 34.4 Å². The van der Waals surface area contributed by atoms with Gasteiger partial charge in [-0.3, -0.25) is 4.90 Å². The number of hydrogen-bond acceptors (Lipinski definition) is 9. The number of hydrogen-bond donors (Lipinski definition) is 2. The molecule has 0 aliphatic carbocycles. The van der Waals surface area contributed by atoms with E-state index in [9.17, 15) is 9.90 Å². The molecule has 1 aliphatic heterocycles. The van der Waals surface area contributed by atoms with E-state index in [-0.39, 0.29) is 18.3 Å². The van der Waals surface area contributed by atoms with Crippen molar-refractivity contribution in [3.8, 4) is 17.2 Å². The molecule has 3 aromatic rings. The van der Waals surface area contributed by atoms with Crippen molar-refractivity contribution >= 4 is 29.2 Å². The summed E-state index contributed by atoms with van der Waals surface area (Å²) in [6.45, 7) is 3.85. The maximum atomic E-state index is 12.2. The van der Waals surface area contributed by atoms with E-state index in [0.29, 0.717) is 17.1 Å². The maximum Gasteiger partial charge on any atom is 0.413 e. The lowest BCUT2D eigenvalue weighted by Gasteiger charge is -2.34. The van der Waals surface area contributed by atoms with Gasteiger partial charge in [-0.1, -0.05) is 0 Å². The number of benzene rings is 2. The molecule has 1 fully saturated rings. The summed E-state index contributed by atoms with van der Waals surface area (Å²) in [4.78, 5) is 26.6. The summed E-state index contributed by atoms with van der Waals surface area (Å²) in [7, 11) is 6.85. The molecule has 2 aromatic carbocycles. The Kier molecular flexibility index (Phi) is 8.14. The van der Waals surface area contributed by atoms with Crippen molar-refractivity contribution in [1.29, 1.82) is 0 Å². The molecular formula is C26H32N6O5. The number of amides is 1. The quantitative estimate of drug-likeness (QED) is 0.444. The van der Waals surface area contributed by atoms with Crippen LogP contribution in [0.5, 0.6) is 17.2 Å². The predicted octanol–water partition coefficient (Wildman–Crippen LogP) is 3.68. The molecule has 11 nitrogen and oxygen atoms in total. The molecule has 196 valence electrons. The van der Waals surface area contributed by atoms with E-state index in [1.165, 1.54) is 13.3 Å². The van der Waals surface area contributed by atoms with Crippen LogP contribution in [0.25, 0.3) is 0 Å². The second-order valence-corrected chi connectivity index (χ2v) is 8.59. The number of aromatic nitrogens is 2. The lowest BCUT2D eigenvalue weighted by Crippen LogP contribution is -2.44. The van der Waals surface area contributed by atoms with Crippen LogP contribution >= 0.6 is 0 Å². The van der Waals surface area contributed by atoms with Crippen molar-refractivity contribution in [2.45, 2.75) is 6.54 Å². The molecule has 37 heavy (non-hydrogen) atoms. The van der Waals surface area contributed by atoms with Gasteiger partial charge in [0.05, 0.1) is 33.6 Å². The molecule has 0 spiro atoms. The van der Waals surface area contributed by atoms with Crippen LogP contribution in [0.4, 0.5) is 27.9 Å². The highest BCUT2D eigenvalue weighted by atomic mass is 16.5. The maximum absolute atomic E-state index is 12.2. The first-order valence-electron chi connectivity index (χ1n) is 11.8. The molecule has 1 amide bonds. The van der Waals surface area contributed by atoms with Gasteiger partial charge in [0.2, 0.25) is 5.95 Å². The first kappa shape index (κ1) is 25.8. The number of ether oxygens (including phenoxy) is 3. The van der Waals surface area contributed by atoms with Crippen molar-refractivity contribution < 1.29 is 24.1 Å². The van der Waals surface area contributed by atoms with Gasteiger partial charge in [-0.2, -0.15) is 4.98 Å². The Hall–Kier alpha value is -4.25. The molecule has 1 aromatic heterocycles. The zero-order valence-electron chi connectivity index (χ0n) is 21.5. The average Bonchev–Trinajstić information content (AvgIpc) is 2.92. The summed E-state index contributed by atoms with van der Waals surface area (Å²) >= 11 is 0. The van der Waals surface area contributed by atoms with Crippen LogP contribution in [0.2, 0.25) is 0 Å². The molecular weight excluding hydrogens is 476 g/mol. The third-order valence-electron chi connectivity index (χ3n) is 6.24. The molecule has 2 N–H and O–H groups in total. The fraction of sp³-hybridized carbons (Fsp3) is 0.346. The SMILES string of the molecule is COc1ccc(OC)c(CN(C(=O)O)c2ccnc(Nc3ccc(N4CCN(C)CC4)c(OC)c3)n2)c1. The fourth-order valence-electron chi connectivity index (χ4n) is 4.18. The van der Waals surface area contributed by atoms with Crippen LogP contribution < -0.4 is 29.3 Å². The lowest BCUT2D eigenvalue weighted by molar-refractivity contribution is 0.201. The summed E-state index contributed by atoms with van der Waals surface area (Å²) < 4.78 is 16.4. The molecule has 4 rings (SSSR count). The Morgan fingerprint density at radius 3 is 2.43 bits per heavy atom. The van der Waals surface area contributed by atoms with Crippen LogP contribution in [0, 0.1) is 0 Å². The minimum absolute atomic E-state index is 0.0136. The number of nitrogens with zero attached hydrogens (tertiary/aromatic N) is 5. The topological polar surface area (TPSA) is 113 Å². The normalized spacial score (nSPS) is 13.7. The van der Waals surface area contributed by atoms with E-state index >= 15 is 0 Å². The molecule has 0 atom stereocenters. The Bertz CT molecular complexity index is 1230. The number of likely N-dealkylation sites (N-methyl/N-ethyl adjacent to an activating group) is 1. The Morgan fingerprint density at radius 1 is 1.00 bits per heavy atom. The first-order valence-corrected chi connectivity index (χ1v) is 11.8. The van der Waals surface area contributed by atoms with E-state index in [0.717, 1.165) is 48.2 Å². The Balaban J connectivity index is 1.55. The van der Waals surface area contributed by atoms with Gasteiger partial charge in [-0.25, -0.2) is 9.78 Å². The summed E-state index contributed by atoms with van der Waals surface area (Å²) in [5.74, 6) is 2.36. The van der Waals surface area contributed by atoms with Crippen LogP contribution in [0.15, 0.2) is 48.7 Å². The number of nitrogens with one attached hydrogen (secondary N) is 1. The van der Waals surface area contributed by atoms with Crippen molar-refractivity contribution in [2.75, 3.05) is 69.7 Å². The van der Waals surface area contributed by atoms with E-state index in [2.05, 4.69) is 32.1 Å². The zero-order chi connectivity index (χ0) is 26.4. The first-order chi connectivity index (χ1) is 17.9. The predicted molar refractivity (Wildman–Crippen MR) is 142 cm³/mol. The van der Waals surface area contributed by atoms with E-state index in [4.69, 9.17) is 14.2 Å². The minimum Gasteiger partial charge on any atom is -0.497 e. The second kappa shape index (κ2) is 11.7. The van der Waals surface area contributed by atoms with Crippen molar-refractivity contribution in [3.05, 3.63) is 54.2 Å². The van der Waals surface area contributed by atoms with E-state index < -0.39 is 6.09 Å². The molecule has 11 heteroatoms. The number of methoxy groups -OCH3 is 3. The van der Waals surface area contributed by atoms with Crippen LogP contribution in [-0.4, -0.2) is 80.6 Å². The fourth-order valence-corrected chi connectivity index (χ4v) is 4.18. The molecule has 0 unspecified atom stereocenters. The zero-order valence-corrected chi connectivity index (χ0v) is 21.5. The van der Waals surface area contributed by atoms with E-state index in [1.54, 1.807) is 38.5 Å². The molecule has 0 saturated carbocycles.